The molecule has 23 heavy (non-hydrogen) atoms. The molecule has 0 saturated carbocycles. The zero-order valence-electron chi connectivity index (χ0n) is 12.9. The fraction of sp³-hybridized carbons (Fsp3) is 0.176. The molecule has 0 aliphatic carbocycles. The van der Waals surface area contributed by atoms with Crippen LogP contribution in [-0.2, 0) is 0 Å². The molecule has 3 rings (SSSR count). The van der Waals surface area contributed by atoms with E-state index in [0.29, 0.717) is 18.9 Å². The van der Waals surface area contributed by atoms with E-state index in [1.165, 1.54) is 11.1 Å². The monoisotopic (exact) mass is 309 g/mol. The van der Waals surface area contributed by atoms with Crippen molar-refractivity contribution in [3.8, 4) is 11.1 Å². The third-order valence-corrected chi connectivity index (χ3v) is 3.68. The molecule has 1 aromatic heterocycles. The Labute approximate surface area is 134 Å². The van der Waals surface area contributed by atoms with Crippen molar-refractivity contribution in [1.29, 1.82) is 0 Å². The molecule has 1 heterocycles. The van der Waals surface area contributed by atoms with E-state index in [-0.39, 0.29) is 6.03 Å². The average Bonchev–Trinajstić information content (AvgIpc) is 2.95. The zero-order chi connectivity index (χ0) is 16.2. The first-order chi connectivity index (χ1) is 11.2. The number of amides is 2. The number of urea groups is 1. The molecule has 2 amide bonds. The third-order valence-electron chi connectivity index (χ3n) is 3.68. The number of carbonyl (C=O) groups excluding carboxylic acids is 1. The molecule has 2 aromatic carbocycles. The van der Waals surface area contributed by atoms with Crippen molar-refractivity contribution in [1.82, 2.24) is 15.5 Å². The summed E-state index contributed by atoms with van der Waals surface area (Å²) in [5, 5.41) is 13.4. The molecule has 6 nitrogen and oxygen atoms in total. The molecule has 0 aliphatic rings. The van der Waals surface area contributed by atoms with Gasteiger partial charge in [-0.2, -0.15) is 5.10 Å². The lowest BCUT2D eigenvalue weighted by Gasteiger charge is -2.06. The highest BCUT2D eigenvalue weighted by molar-refractivity contribution is 6.00. The van der Waals surface area contributed by atoms with Gasteiger partial charge in [0.15, 0.2) is 5.82 Å². The summed E-state index contributed by atoms with van der Waals surface area (Å²) in [6.07, 6.45) is 0. The Kier molecular flexibility index (Phi) is 4.25. The number of hydrogen-bond donors (Lipinski definition) is 4. The van der Waals surface area contributed by atoms with Gasteiger partial charge in [-0.3, -0.25) is 10.4 Å². The standard InChI is InChI=1S/C17H19N5O/c1-11-4-2-3-5-13(11)12-6-7-14-15(10-12)21-22-16(14)20-17(23)19-9-8-18/h2-7,10H,8-9,18H2,1H3,(H3,19,20,21,22,23). The fourth-order valence-electron chi connectivity index (χ4n) is 2.52. The van der Waals surface area contributed by atoms with Gasteiger partial charge in [0.05, 0.1) is 5.52 Å². The first kappa shape index (κ1) is 15.1. The summed E-state index contributed by atoms with van der Waals surface area (Å²) in [7, 11) is 0. The minimum atomic E-state index is -0.313. The van der Waals surface area contributed by atoms with Crippen LogP contribution in [-0.4, -0.2) is 29.3 Å². The number of benzene rings is 2. The molecule has 0 radical (unpaired) electrons. The molecular formula is C17H19N5O. The Balaban J connectivity index is 1.89. The second-order valence-corrected chi connectivity index (χ2v) is 5.32. The van der Waals surface area contributed by atoms with E-state index in [1.54, 1.807) is 0 Å². The summed E-state index contributed by atoms with van der Waals surface area (Å²) in [5.74, 6) is 0.505. The maximum Gasteiger partial charge on any atom is 0.320 e. The number of H-pyrrole nitrogens is 1. The first-order valence-electron chi connectivity index (χ1n) is 7.48. The van der Waals surface area contributed by atoms with Crippen LogP contribution < -0.4 is 16.4 Å². The van der Waals surface area contributed by atoms with Gasteiger partial charge in [0.25, 0.3) is 0 Å². The molecule has 0 aliphatic heterocycles. The van der Waals surface area contributed by atoms with Crippen molar-refractivity contribution in [3.63, 3.8) is 0 Å². The number of anilines is 1. The van der Waals surface area contributed by atoms with Gasteiger partial charge in [-0.25, -0.2) is 4.79 Å². The van der Waals surface area contributed by atoms with E-state index in [9.17, 15) is 4.79 Å². The number of fused-ring (bicyclic) bond motifs is 1. The van der Waals surface area contributed by atoms with Crippen molar-refractivity contribution in [3.05, 3.63) is 48.0 Å². The van der Waals surface area contributed by atoms with E-state index in [4.69, 9.17) is 5.73 Å². The van der Waals surface area contributed by atoms with Gasteiger partial charge in [0.1, 0.15) is 0 Å². The van der Waals surface area contributed by atoms with Crippen molar-refractivity contribution in [2.75, 3.05) is 18.4 Å². The van der Waals surface area contributed by atoms with Crippen molar-refractivity contribution in [2.45, 2.75) is 6.92 Å². The summed E-state index contributed by atoms with van der Waals surface area (Å²) in [4.78, 5) is 11.7. The van der Waals surface area contributed by atoms with Crippen molar-refractivity contribution in [2.24, 2.45) is 5.73 Å². The van der Waals surface area contributed by atoms with Gasteiger partial charge >= 0.3 is 6.03 Å². The van der Waals surface area contributed by atoms with E-state index in [0.717, 1.165) is 16.5 Å². The van der Waals surface area contributed by atoms with Gasteiger partial charge in [-0.1, -0.05) is 30.3 Å². The van der Waals surface area contributed by atoms with Crippen LogP contribution in [0.2, 0.25) is 0 Å². The van der Waals surface area contributed by atoms with Crippen LogP contribution in [0.1, 0.15) is 5.56 Å². The van der Waals surface area contributed by atoms with Crippen LogP contribution >= 0.6 is 0 Å². The maximum absolute atomic E-state index is 11.7. The lowest BCUT2D eigenvalue weighted by atomic mass is 10.00. The highest BCUT2D eigenvalue weighted by Gasteiger charge is 2.10. The van der Waals surface area contributed by atoms with Gasteiger partial charge in [0.2, 0.25) is 0 Å². The van der Waals surface area contributed by atoms with E-state index >= 15 is 0 Å². The van der Waals surface area contributed by atoms with Gasteiger partial charge in [-0.05, 0) is 35.7 Å². The number of nitrogens with zero attached hydrogens (tertiary/aromatic N) is 1. The minimum Gasteiger partial charge on any atom is -0.337 e. The van der Waals surface area contributed by atoms with E-state index < -0.39 is 0 Å². The minimum absolute atomic E-state index is 0.313. The predicted molar refractivity (Wildman–Crippen MR) is 92.3 cm³/mol. The highest BCUT2D eigenvalue weighted by Crippen LogP contribution is 2.28. The summed E-state index contributed by atoms with van der Waals surface area (Å²) in [5.41, 5.74) is 9.74. The van der Waals surface area contributed by atoms with Gasteiger partial charge in [0, 0.05) is 18.5 Å². The molecule has 3 aromatic rings. The average molecular weight is 309 g/mol. The van der Waals surface area contributed by atoms with E-state index in [1.807, 2.05) is 30.3 Å². The second-order valence-electron chi connectivity index (χ2n) is 5.32. The molecule has 0 fully saturated rings. The van der Waals surface area contributed by atoms with Crippen molar-refractivity contribution >= 4 is 22.8 Å². The van der Waals surface area contributed by atoms with Crippen LogP contribution in [0.15, 0.2) is 42.5 Å². The summed E-state index contributed by atoms with van der Waals surface area (Å²) < 4.78 is 0. The molecule has 5 N–H and O–H groups in total. The Morgan fingerprint density at radius 1 is 1.26 bits per heavy atom. The molecule has 0 unspecified atom stereocenters. The van der Waals surface area contributed by atoms with Crippen LogP contribution in [0, 0.1) is 6.92 Å². The topological polar surface area (TPSA) is 95.8 Å². The van der Waals surface area contributed by atoms with Crippen molar-refractivity contribution < 1.29 is 4.79 Å². The summed E-state index contributed by atoms with van der Waals surface area (Å²) >= 11 is 0. The smallest absolute Gasteiger partial charge is 0.320 e. The SMILES string of the molecule is Cc1ccccc1-c1ccc2c(NC(=O)NCCN)n[nH]c2c1. The number of aromatic nitrogens is 2. The lowest BCUT2D eigenvalue weighted by molar-refractivity contribution is 0.252. The molecule has 0 atom stereocenters. The first-order valence-corrected chi connectivity index (χ1v) is 7.48. The van der Waals surface area contributed by atoms with E-state index in [2.05, 4.69) is 39.9 Å². The van der Waals surface area contributed by atoms with Crippen LogP contribution in [0.4, 0.5) is 10.6 Å². The molecule has 0 spiro atoms. The molecule has 0 saturated heterocycles. The second kappa shape index (κ2) is 6.50. The third kappa shape index (κ3) is 3.17. The maximum atomic E-state index is 11.7. The summed E-state index contributed by atoms with van der Waals surface area (Å²) in [6, 6.07) is 13.9. The predicted octanol–water partition coefficient (Wildman–Crippen LogP) is 2.62. The Bertz CT molecular complexity index is 840. The number of nitrogens with two attached hydrogens (primary N) is 1. The molecular weight excluding hydrogens is 290 g/mol. The fourth-order valence-corrected chi connectivity index (χ4v) is 2.52. The highest BCUT2D eigenvalue weighted by atomic mass is 16.2. The number of carbonyl (C=O) groups is 1. The zero-order valence-corrected chi connectivity index (χ0v) is 12.9. The van der Waals surface area contributed by atoms with Gasteiger partial charge in [-0.15, -0.1) is 0 Å². The Morgan fingerprint density at radius 3 is 2.87 bits per heavy atom. The normalized spacial score (nSPS) is 10.7. The number of rotatable bonds is 4. The lowest BCUT2D eigenvalue weighted by Crippen LogP contribution is -2.33. The molecule has 118 valence electrons. The number of hydrogen-bond acceptors (Lipinski definition) is 3. The largest absolute Gasteiger partial charge is 0.337 e. The Hall–Kier alpha value is -2.86. The van der Waals surface area contributed by atoms with Crippen LogP contribution in [0.5, 0.6) is 0 Å². The van der Waals surface area contributed by atoms with Crippen LogP contribution in [0.25, 0.3) is 22.0 Å². The Morgan fingerprint density at radius 2 is 2.09 bits per heavy atom. The molecule has 6 heteroatoms. The number of aryl methyl sites for hydroxylation is 1. The van der Waals surface area contributed by atoms with Gasteiger partial charge < -0.3 is 11.1 Å². The molecule has 0 bridgehead atoms. The quantitative estimate of drug-likeness (QED) is 0.596. The number of aromatic amines is 1. The number of nitrogens with one attached hydrogen (secondary N) is 3. The van der Waals surface area contributed by atoms with Crippen LogP contribution in [0.3, 0.4) is 0 Å². The summed E-state index contributed by atoms with van der Waals surface area (Å²) in [6.45, 7) is 2.90.